The van der Waals surface area contributed by atoms with E-state index >= 15 is 0 Å². The molecule has 0 aromatic rings. The van der Waals surface area contributed by atoms with E-state index < -0.39 is 5.97 Å². The number of likely N-dealkylation sites (tertiary alicyclic amines) is 1. The Hall–Kier alpha value is -1.10. The van der Waals surface area contributed by atoms with E-state index in [0.29, 0.717) is 13.1 Å². The molecule has 1 fully saturated rings. The molecule has 86 valence electrons. The fourth-order valence-corrected chi connectivity index (χ4v) is 1.90. The van der Waals surface area contributed by atoms with Crippen LogP contribution < -0.4 is 5.73 Å². The quantitative estimate of drug-likeness (QED) is 0.684. The Kier molecular flexibility index (Phi) is 4.08. The number of aliphatic carboxylic acids is 1. The van der Waals surface area contributed by atoms with Crippen molar-refractivity contribution in [3.05, 3.63) is 0 Å². The normalized spacial score (nSPS) is 24.7. The molecular formula is C10H18N2O3. The highest BCUT2D eigenvalue weighted by molar-refractivity contribution is 5.76. The molecule has 0 bridgehead atoms. The maximum absolute atomic E-state index is 10.9. The minimum atomic E-state index is -0.744. The molecule has 2 unspecified atom stereocenters. The molecule has 1 aliphatic heterocycles. The summed E-state index contributed by atoms with van der Waals surface area (Å²) in [7, 11) is 0. The van der Waals surface area contributed by atoms with Gasteiger partial charge in [-0.05, 0) is 19.4 Å². The highest BCUT2D eigenvalue weighted by Gasteiger charge is 2.26. The summed E-state index contributed by atoms with van der Waals surface area (Å²) in [6.07, 6.45) is 1.61. The third-order valence-corrected chi connectivity index (χ3v) is 2.87. The minimum absolute atomic E-state index is 0.211. The number of hydrogen-bond acceptors (Lipinski definition) is 3. The number of piperidine rings is 1. The van der Waals surface area contributed by atoms with Crippen LogP contribution in [0.4, 0.5) is 0 Å². The van der Waals surface area contributed by atoms with Crippen molar-refractivity contribution in [1.29, 1.82) is 0 Å². The number of rotatable bonds is 4. The van der Waals surface area contributed by atoms with E-state index in [1.165, 1.54) is 0 Å². The maximum atomic E-state index is 10.9. The first kappa shape index (κ1) is 12.0. The number of amides is 1. The monoisotopic (exact) mass is 214 g/mol. The van der Waals surface area contributed by atoms with Gasteiger partial charge in [0.15, 0.2) is 0 Å². The van der Waals surface area contributed by atoms with Crippen LogP contribution in [-0.4, -0.2) is 41.5 Å². The van der Waals surface area contributed by atoms with Gasteiger partial charge in [0.1, 0.15) is 0 Å². The van der Waals surface area contributed by atoms with E-state index in [1.807, 2.05) is 4.90 Å². The van der Waals surface area contributed by atoms with Crippen LogP contribution in [-0.2, 0) is 9.59 Å². The number of nitrogens with zero attached hydrogens (tertiary/aromatic N) is 1. The summed E-state index contributed by atoms with van der Waals surface area (Å²) in [5.41, 5.74) is 5.17. The van der Waals surface area contributed by atoms with Crippen LogP contribution in [0.5, 0.6) is 0 Å². The van der Waals surface area contributed by atoms with E-state index in [1.54, 1.807) is 6.92 Å². The first-order chi connectivity index (χ1) is 7.00. The third-order valence-electron chi connectivity index (χ3n) is 2.87. The fraction of sp³-hybridized carbons (Fsp3) is 0.800. The zero-order valence-corrected chi connectivity index (χ0v) is 8.98. The SMILES string of the molecule is CC(CN1CCCC(C(=O)O)C1)C(N)=O. The summed E-state index contributed by atoms with van der Waals surface area (Å²) in [6.45, 7) is 3.74. The predicted octanol–water partition coefficient (Wildman–Crippen LogP) is -0.0956. The minimum Gasteiger partial charge on any atom is -0.481 e. The van der Waals surface area contributed by atoms with Crippen molar-refractivity contribution < 1.29 is 14.7 Å². The fourth-order valence-electron chi connectivity index (χ4n) is 1.90. The molecule has 5 heteroatoms. The second kappa shape index (κ2) is 5.11. The number of nitrogens with two attached hydrogens (primary N) is 1. The summed E-state index contributed by atoms with van der Waals surface area (Å²) in [6, 6.07) is 0. The predicted molar refractivity (Wildman–Crippen MR) is 55.2 cm³/mol. The highest BCUT2D eigenvalue weighted by atomic mass is 16.4. The van der Waals surface area contributed by atoms with Gasteiger partial charge in [0.25, 0.3) is 0 Å². The molecule has 1 saturated heterocycles. The van der Waals surface area contributed by atoms with Gasteiger partial charge in [0.2, 0.25) is 5.91 Å². The van der Waals surface area contributed by atoms with Crippen LogP contribution in [0.3, 0.4) is 0 Å². The molecule has 0 saturated carbocycles. The van der Waals surface area contributed by atoms with Crippen LogP contribution in [0, 0.1) is 11.8 Å². The third kappa shape index (κ3) is 3.51. The van der Waals surface area contributed by atoms with E-state index in [0.717, 1.165) is 19.4 Å². The molecule has 2 atom stereocenters. The zero-order chi connectivity index (χ0) is 11.4. The lowest BCUT2D eigenvalue weighted by molar-refractivity contribution is -0.143. The lowest BCUT2D eigenvalue weighted by atomic mass is 9.97. The topological polar surface area (TPSA) is 83.6 Å². The molecule has 5 nitrogen and oxygen atoms in total. The average molecular weight is 214 g/mol. The average Bonchev–Trinajstić information content (AvgIpc) is 2.18. The van der Waals surface area contributed by atoms with Gasteiger partial charge in [-0.1, -0.05) is 6.92 Å². The van der Waals surface area contributed by atoms with Gasteiger partial charge in [-0.15, -0.1) is 0 Å². The number of primary amides is 1. The van der Waals surface area contributed by atoms with Crippen molar-refractivity contribution in [2.45, 2.75) is 19.8 Å². The number of hydrogen-bond donors (Lipinski definition) is 2. The van der Waals surface area contributed by atoms with Crippen LogP contribution in [0.1, 0.15) is 19.8 Å². The summed E-state index contributed by atoms with van der Waals surface area (Å²) in [4.78, 5) is 23.7. The van der Waals surface area contributed by atoms with Crippen molar-refractivity contribution in [3.63, 3.8) is 0 Å². The van der Waals surface area contributed by atoms with E-state index in [4.69, 9.17) is 10.8 Å². The molecule has 0 aliphatic carbocycles. The van der Waals surface area contributed by atoms with Crippen LogP contribution in [0.2, 0.25) is 0 Å². The Labute approximate surface area is 89.2 Å². The molecular weight excluding hydrogens is 196 g/mol. The summed E-state index contributed by atoms with van der Waals surface area (Å²) < 4.78 is 0. The van der Waals surface area contributed by atoms with E-state index in [2.05, 4.69) is 0 Å². The van der Waals surface area contributed by atoms with E-state index in [-0.39, 0.29) is 17.7 Å². The number of carboxylic acid groups (broad SMARTS) is 1. The number of carboxylic acids is 1. The van der Waals surface area contributed by atoms with Crippen molar-refractivity contribution in [2.24, 2.45) is 17.6 Å². The van der Waals surface area contributed by atoms with Crippen LogP contribution >= 0.6 is 0 Å². The number of carbonyl (C=O) groups is 2. The van der Waals surface area contributed by atoms with E-state index in [9.17, 15) is 9.59 Å². The zero-order valence-electron chi connectivity index (χ0n) is 8.98. The second-order valence-corrected chi connectivity index (χ2v) is 4.24. The standard InChI is InChI=1S/C10H18N2O3/c1-7(9(11)13)5-12-4-2-3-8(6-12)10(14)15/h7-8H,2-6H2,1H3,(H2,11,13)(H,14,15). The number of carbonyl (C=O) groups excluding carboxylic acids is 1. The van der Waals surface area contributed by atoms with Gasteiger partial charge in [-0.25, -0.2) is 0 Å². The van der Waals surface area contributed by atoms with Gasteiger partial charge < -0.3 is 15.7 Å². The summed E-state index contributed by atoms with van der Waals surface area (Å²) in [5, 5.41) is 8.88. The van der Waals surface area contributed by atoms with Gasteiger partial charge in [0, 0.05) is 19.0 Å². The Bertz CT molecular complexity index is 253. The molecule has 15 heavy (non-hydrogen) atoms. The van der Waals surface area contributed by atoms with Gasteiger partial charge in [0.05, 0.1) is 5.92 Å². The smallest absolute Gasteiger partial charge is 0.307 e. The molecule has 1 heterocycles. The largest absolute Gasteiger partial charge is 0.481 e. The van der Waals surface area contributed by atoms with Crippen LogP contribution in [0.15, 0.2) is 0 Å². The molecule has 0 radical (unpaired) electrons. The second-order valence-electron chi connectivity index (χ2n) is 4.24. The van der Waals surface area contributed by atoms with Gasteiger partial charge in [-0.2, -0.15) is 0 Å². The Morgan fingerprint density at radius 1 is 1.60 bits per heavy atom. The van der Waals surface area contributed by atoms with Crippen molar-refractivity contribution in [2.75, 3.05) is 19.6 Å². The van der Waals surface area contributed by atoms with Gasteiger partial charge in [-0.3, -0.25) is 9.59 Å². The Morgan fingerprint density at radius 2 is 2.27 bits per heavy atom. The maximum Gasteiger partial charge on any atom is 0.307 e. The van der Waals surface area contributed by atoms with Gasteiger partial charge >= 0.3 is 5.97 Å². The lowest BCUT2D eigenvalue weighted by Crippen LogP contribution is -2.42. The molecule has 1 rings (SSSR count). The highest BCUT2D eigenvalue weighted by Crippen LogP contribution is 2.17. The summed E-state index contributed by atoms with van der Waals surface area (Å²) in [5.74, 6) is -1.57. The van der Waals surface area contributed by atoms with Crippen molar-refractivity contribution >= 4 is 11.9 Å². The first-order valence-electron chi connectivity index (χ1n) is 5.25. The molecule has 0 aromatic carbocycles. The molecule has 1 amide bonds. The lowest BCUT2D eigenvalue weighted by Gasteiger charge is -2.31. The molecule has 3 N–H and O–H groups in total. The van der Waals surface area contributed by atoms with Crippen molar-refractivity contribution in [3.8, 4) is 0 Å². The molecule has 0 spiro atoms. The summed E-state index contributed by atoms with van der Waals surface area (Å²) >= 11 is 0. The van der Waals surface area contributed by atoms with Crippen molar-refractivity contribution in [1.82, 2.24) is 4.90 Å². The first-order valence-corrected chi connectivity index (χ1v) is 5.25. The molecule has 1 aliphatic rings. The van der Waals surface area contributed by atoms with Crippen LogP contribution in [0.25, 0.3) is 0 Å². The Morgan fingerprint density at radius 3 is 2.80 bits per heavy atom. The molecule has 0 aromatic heterocycles. The Balaban J connectivity index is 2.43.